The zero-order chi connectivity index (χ0) is 12.5. The van der Waals surface area contributed by atoms with Gasteiger partial charge in [-0.1, -0.05) is 0 Å². The molecule has 0 atom stereocenters. The zero-order valence-electron chi connectivity index (χ0n) is 8.21. The minimum atomic E-state index is -4.77. The highest BCUT2D eigenvalue weighted by atomic mass is 19.4. The first-order chi connectivity index (χ1) is 7.29. The predicted molar refractivity (Wildman–Crippen MR) is 48.3 cm³/mol. The number of carbonyl (C=O) groups is 1. The number of hydrogen-bond donors (Lipinski definition) is 1. The van der Waals surface area contributed by atoms with E-state index in [-0.39, 0.29) is 6.54 Å². The minimum Gasteiger partial charge on any atom is -0.477 e. The van der Waals surface area contributed by atoms with E-state index < -0.39 is 29.0 Å². The Hall–Kier alpha value is -1.79. The predicted octanol–water partition coefficient (Wildman–Crippen LogP) is 1.59. The monoisotopic (exact) mass is 235 g/mol. The van der Waals surface area contributed by atoms with Gasteiger partial charge in [-0.2, -0.15) is 13.2 Å². The second kappa shape index (κ2) is 3.99. The fraction of sp³-hybridized carbons (Fsp3) is 0.333. The molecule has 0 aliphatic rings. The van der Waals surface area contributed by atoms with Gasteiger partial charge in [0.2, 0.25) is 0 Å². The first kappa shape index (κ1) is 12.3. The van der Waals surface area contributed by atoms with Crippen LogP contribution in [-0.2, 0) is 12.7 Å². The number of aromatic carboxylic acids is 1. The molecule has 0 amide bonds. The lowest BCUT2D eigenvalue weighted by Crippen LogP contribution is -2.31. The van der Waals surface area contributed by atoms with Crippen molar-refractivity contribution in [3.63, 3.8) is 0 Å². The van der Waals surface area contributed by atoms with E-state index in [9.17, 15) is 22.8 Å². The van der Waals surface area contributed by atoms with Gasteiger partial charge in [-0.05, 0) is 19.1 Å². The molecule has 7 heteroatoms. The van der Waals surface area contributed by atoms with Crippen LogP contribution in [0.2, 0.25) is 0 Å². The molecule has 88 valence electrons. The van der Waals surface area contributed by atoms with E-state index in [0.29, 0.717) is 10.6 Å². The Balaban J connectivity index is 3.53. The molecule has 0 aromatic carbocycles. The van der Waals surface area contributed by atoms with E-state index in [1.807, 2.05) is 0 Å². The molecule has 1 aromatic heterocycles. The molecule has 1 aromatic rings. The summed E-state index contributed by atoms with van der Waals surface area (Å²) >= 11 is 0. The van der Waals surface area contributed by atoms with Crippen LogP contribution >= 0.6 is 0 Å². The van der Waals surface area contributed by atoms with Gasteiger partial charge in [0, 0.05) is 6.54 Å². The molecule has 0 radical (unpaired) electrons. The van der Waals surface area contributed by atoms with Gasteiger partial charge < -0.3 is 9.67 Å². The first-order valence-corrected chi connectivity index (χ1v) is 4.33. The largest absolute Gasteiger partial charge is 0.477 e. The summed E-state index contributed by atoms with van der Waals surface area (Å²) in [6, 6.07) is 1.26. The van der Waals surface area contributed by atoms with Gasteiger partial charge in [0.1, 0.15) is 11.3 Å². The van der Waals surface area contributed by atoms with E-state index in [1.165, 1.54) is 6.92 Å². The number of carboxylic acids is 1. The molecule has 0 saturated carbocycles. The van der Waals surface area contributed by atoms with E-state index in [2.05, 4.69) is 0 Å². The van der Waals surface area contributed by atoms with Crippen LogP contribution < -0.4 is 5.56 Å². The second-order valence-electron chi connectivity index (χ2n) is 2.98. The van der Waals surface area contributed by atoms with Crippen LogP contribution in [0.15, 0.2) is 16.9 Å². The standard InChI is InChI=1S/C9H8F3NO3/c1-2-13-6(8(15)16)4-3-5(7(13)14)9(10,11)12/h3-4H,2H2,1H3,(H,15,16). The van der Waals surface area contributed by atoms with Gasteiger partial charge in [0.15, 0.2) is 0 Å². The van der Waals surface area contributed by atoms with E-state index in [4.69, 9.17) is 5.11 Å². The van der Waals surface area contributed by atoms with Gasteiger partial charge in [-0.25, -0.2) is 4.79 Å². The van der Waals surface area contributed by atoms with E-state index >= 15 is 0 Å². The smallest absolute Gasteiger partial charge is 0.421 e. The average Bonchev–Trinajstić information content (AvgIpc) is 2.14. The molecule has 0 spiro atoms. The third-order valence-corrected chi connectivity index (χ3v) is 2.01. The van der Waals surface area contributed by atoms with E-state index in [1.54, 1.807) is 0 Å². The summed E-state index contributed by atoms with van der Waals surface area (Å²) in [6.45, 7) is 1.26. The fourth-order valence-corrected chi connectivity index (χ4v) is 1.29. The van der Waals surface area contributed by atoms with Crippen LogP contribution in [0, 0.1) is 0 Å². The number of carboxylic acid groups (broad SMARTS) is 1. The van der Waals surface area contributed by atoms with Gasteiger partial charge in [0.25, 0.3) is 5.56 Å². The Bertz CT molecular complexity index is 476. The molecule has 1 heterocycles. The van der Waals surface area contributed by atoms with Crippen molar-refractivity contribution in [1.29, 1.82) is 0 Å². The number of hydrogen-bond acceptors (Lipinski definition) is 2. The molecule has 16 heavy (non-hydrogen) atoms. The lowest BCUT2D eigenvalue weighted by Gasteiger charge is -2.11. The van der Waals surface area contributed by atoms with Gasteiger partial charge in [-0.3, -0.25) is 4.79 Å². The second-order valence-corrected chi connectivity index (χ2v) is 2.98. The minimum absolute atomic E-state index is 0.135. The third kappa shape index (κ3) is 2.07. The topological polar surface area (TPSA) is 59.3 Å². The molecule has 0 bridgehead atoms. The lowest BCUT2D eigenvalue weighted by molar-refractivity contribution is -0.139. The SMILES string of the molecule is CCn1c(C(=O)O)ccc(C(F)(F)F)c1=O. The molecule has 0 unspecified atom stereocenters. The van der Waals surface area contributed by atoms with Crippen molar-refractivity contribution in [3.05, 3.63) is 33.7 Å². The summed E-state index contributed by atoms with van der Waals surface area (Å²) < 4.78 is 37.6. The molecule has 1 N–H and O–H groups in total. The number of nitrogens with zero attached hydrogens (tertiary/aromatic N) is 1. The Labute approximate surface area is 87.9 Å². The Morgan fingerprint density at radius 2 is 2.00 bits per heavy atom. The highest BCUT2D eigenvalue weighted by Crippen LogP contribution is 2.26. The highest BCUT2D eigenvalue weighted by molar-refractivity contribution is 5.85. The number of pyridine rings is 1. The maximum absolute atomic E-state index is 12.3. The van der Waals surface area contributed by atoms with Crippen molar-refractivity contribution < 1.29 is 23.1 Å². The van der Waals surface area contributed by atoms with Crippen molar-refractivity contribution in [1.82, 2.24) is 4.57 Å². The van der Waals surface area contributed by atoms with Crippen LogP contribution in [0.3, 0.4) is 0 Å². The summed E-state index contributed by atoms with van der Waals surface area (Å²) in [5.74, 6) is -1.44. The van der Waals surface area contributed by atoms with Crippen molar-refractivity contribution in [2.75, 3.05) is 0 Å². The number of aromatic nitrogens is 1. The van der Waals surface area contributed by atoms with Crippen LogP contribution in [-0.4, -0.2) is 15.6 Å². The molecular formula is C9H8F3NO3. The van der Waals surface area contributed by atoms with Crippen molar-refractivity contribution in [2.24, 2.45) is 0 Å². The highest BCUT2D eigenvalue weighted by Gasteiger charge is 2.35. The average molecular weight is 235 g/mol. The number of halogens is 3. The van der Waals surface area contributed by atoms with Gasteiger partial charge in [-0.15, -0.1) is 0 Å². The molecule has 0 fully saturated rings. The maximum Gasteiger partial charge on any atom is 0.421 e. The van der Waals surface area contributed by atoms with Gasteiger partial charge in [0.05, 0.1) is 0 Å². The van der Waals surface area contributed by atoms with Gasteiger partial charge >= 0.3 is 12.1 Å². The first-order valence-electron chi connectivity index (χ1n) is 4.33. The molecule has 1 rings (SSSR count). The molecular weight excluding hydrogens is 227 g/mol. The lowest BCUT2D eigenvalue weighted by atomic mass is 10.2. The van der Waals surface area contributed by atoms with E-state index in [0.717, 1.165) is 6.07 Å². The molecule has 0 aliphatic heterocycles. The van der Waals surface area contributed by atoms with Crippen LogP contribution in [0.5, 0.6) is 0 Å². The van der Waals surface area contributed by atoms with Crippen LogP contribution in [0.25, 0.3) is 0 Å². The Morgan fingerprint density at radius 1 is 1.44 bits per heavy atom. The van der Waals surface area contributed by atoms with Crippen LogP contribution in [0.1, 0.15) is 23.0 Å². The normalized spacial score (nSPS) is 11.5. The summed E-state index contributed by atoms with van der Waals surface area (Å²) in [5, 5.41) is 8.67. The van der Waals surface area contributed by atoms with Crippen molar-refractivity contribution >= 4 is 5.97 Å². The summed E-state index contributed by atoms with van der Waals surface area (Å²) in [4.78, 5) is 22.0. The van der Waals surface area contributed by atoms with Crippen molar-refractivity contribution in [2.45, 2.75) is 19.6 Å². The fourth-order valence-electron chi connectivity index (χ4n) is 1.29. The third-order valence-electron chi connectivity index (χ3n) is 2.01. The van der Waals surface area contributed by atoms with Crippen molar-refractivity contribution in [3.8, 4) is 0 Å². The summed E-state index contributed by atoms with van der Waals surface area (Å²) in [7, 11) is 0. The zero-order valence-corrected chi connectivity index (χ0v) is 8.21. The molecule has 4 nitrogen and oxygen atoms in total. The quantitative estimate of drug-likeness (QED) is 0.846. The summed E-state index contributed by atoms with van der Waals surface area (Å²) in [6.07, 6.45) is -4.77. The number of alkyl halides is 3. The molecule has 0 aliphatic carbocycles. The number of rotatable bonds is 2. The molecule has 0 saturated heterocycles. The summed E-state index contributed by atoms with van der Waals surface area (Å²) in [5.41, 5.74) is -3.16. The maximum atomic E-state index is 12.3. The Morgan fingerprint density at radius 3 is 2.38 bits per heavy atom. The Kier molecular flexibility index (Phi) is 3.06. The van der Waals surface area contributed by atoms with Crippen LogP contribution in [0.4, 0.5) is 13.2 Å².